The molecule has 1 aliphatic heterocycles. The second kappa shape index (κ2) is 5.72. The minimum Gasteiger partial charge on any atom is -0.494 e. The van der Waals surface area contributed by atoms with E-state index >= 15 is 0 Å². The Morgan fingerprint density at radius 3 is 2.78 bits per heavy atom. The lowest BCUT2D eigenvalue weighted by Gasteiger charge is -2.36. The van der Waals surface area contributed by atoms with Crippen LogP contribution < -0.4 is 10.5 Å². The Morgan fingerprint density at radius 1 is 1.44 bits per heavy atom. The Hall–Kier alpha value is -1.06. The fourth-order valence-electron chi connectivity index (χ4n) is 2.49. The van der Waals surface area contributed by atoms with Crippen molar-refractivity contribution >= 4 is 0 Å². The summed E-state index contributed by atoms with van der Waals surface area (Å²) in [5.41, 5.74) is 7.29. The third-order valence-corrected chi connectivity index (χ3v) is 3.74. The van der Waals surface area contributed by atoms with Gasteiger partial charge in [0.25, 0.3) is 0 Å². The fourth-order valence-corrected chi connectivity index (χ4v) is 2.49. The highest BCUT2D eigenvalue weighted by Gasteiger charge is 2.32. The Labute approximate surface area is 109 Å². The van der Waals surface area contributed by atoms with Crippen molar-refractivity contribution in [3.63, 3.8) is 0 Å². The quantitative estimate of drug-likeness (QED) is 0.841. The van der Waals surface area contributed by atoms with Gasteiger partial charge in [-0.05, 0) is 31.0 Å². The molecule has 0 bridgehead atoms. The van der Waals surface area contributed by atoms with Crippen LogP contribution in [-0.2, 0) is 10.2 Å². The van der Waals surface area contributed by atoms with Gasteiger partial charge in [0, 0.05) is 17.9 Å². The van der Waals surface area contributed by atoms with Gasteiger partial charge in [-0.15, -0.1) is 0 Å². The zero-order valence-electron chi connectivity index (χ0n) is 11.3. The molecule has 1 aromatic rings. The third-order valence-electron chi connectivity index (χ3n) is 3.74. The van der Waals surface area contributed by atoms with Crippen LogP contribution in [0.25, 0.3) is 0 Å². The van der Waals surface area contributed by atoms with Crippen LogP contribution in [0.2, 0.25) is 0 Å². The molecule has 100 valence electrons. The summed E-state index contributed by atoms with van der Waals surface area (Å²) in [6.07, 6.45) is 1.08. The number of benzene rings is 1. The molecule has 1 aliphatic rings. The molecule has 1 atom stereocenters. The van der Waals surface area contributed by atoms with Gasteiger partial charge < -0.3 is 15.2 Å². The van der Waals surface area contributed by atoms with Crippen molar-refractivity contribution in [3.05, 3.63) is 29.8 Å². The molecule has 0 aliphatic carbocycles. The van der Waals surface area contributed by atoms with Gasteiger partial charge in [0.15, 0.2) is 0 Å². The summed E-state index contributed by atoms with van der Waals surface area (Å²) in [7, 11) is 0. The highest BCUT2D eigenvalue weighted by Crippen LogP contribution is 2.34. The number of ether oxygens (including phenoxy) is 2. The van der Waals surface area contributed by atoms with E-state index in [0.29, 0.717) is 19.1 Å². The fraction of sp³-hybridized carbons (Fsp3) is 0.600. The predicted octanol–water partition coefficient (Wildman–Crippen LogP) is 2.34. The molecule has 0 amide bonds. The maximum atomic E-state index is 6.01. The predicted molar refractivity (Wildman–Crippen MR) is 72.9 cm³/mol. The summed E-state index contributed by atoms with van der Waals surface area (Å²) in [5.74, 6) is 1.58. The minimum absolute atomic E-state index is 0.0154. The van der Waals surface area contributed by atoms with Gasteiger partial charge in [0.2, 0.25) is 0 Å². The summed E-state index contributed by atoms with van der Waals surface area (Å²) in [5, 5.41) is 0. The van der Waals surface area contributed by atoms with E-state index < -0.39 is 0 Å². The zero-order valence-corrected chi connectivity index (χ0v) is 11.3. The van der Waals surface area contributed by atoms with Gasteiger partial charge in [-0.3, -0.25) is 0 Å². The van der Waals surface area contributed by atoms with E-state index in [1.54, 1.807) is 0 Å². The molecule has 1 aromatic carbocycles. The lowest BCUT2D eigenvalue weighted by atomic mass is 9.75. The van der Waals surface area contributed by atoms with Crippen LogP contribution in [0.5, 0.6) is 5.75 Å². The van der Waals surface area contributed by atoms with E-state index in [2.05, 4.69) is 19.1 Å². The second-order valence-electron chi connectivity index (χ2n) is 5.33. The smallest absolute Gasteiger partial charge is 0.119 e. The van der Waals surface area contributed by atoms with Gasteiger partial charge in [0.05, 0.1) is 19.8 Å². The molecule has 3 nitrogen and oxygen atoms in total. The average Bonchev–Trinajstić information content (AvgIpc) is 2.34. The largest absolute Gasteiger partial charge is 0.494 e. The first-order valence-electron chi connectivity index (χ1n) is 6.69. The highest BCUT2D eigenvalue weighted by molar-refractivity contribution is 5.34. The third kappa shape index (κ3) is 2.85. The lowest BCUT2D eigenvalue weighted by Crippen LogP contribution is -2.39. The van der Waals surface area contributed by atoms with Crippen molar-refractivity contribution in [2.24, 2.45) is 11.7 Å². The van der Waals surface area contributed by atoms with Gasteiger partial charge in [0.1, 0.15) is 5.75 Å². The first-order valence-corrected chi connectivity index (χ1v) is 6.69. The van der Waals surface area contributed by atoms with Crippen molar-refractivity contribution in [2.75, 3.05) is 26.4 Å². The van der Waals surface area contributed by atoms with Crippen molar-refractivity contribution in [2.45, 2.75) is 25.7 Å². The number of hydrogen-bond donors (Lipinski definition) is 1. The standard InChI is InChI=1S/C15H23NO2/c1-3-18-14-6-4-5-13(7-14)15(2,11-16)8-12-9-17-10-12/h4-7,12H,3,8-11,16H2,1-2H3. The minimum atomic E-state index is 0.0154. The van der Waals surface area contributed by atoms with Crippen molar-refractivity contribution in [3.8, 4) is 5.75 Å². The highest BCUT2D eigenvalue weighted by atomic mass is 16.5. The molecule has 1 saturated heterocycles. The molecule has 18 heavy (non-hydrogen) atoms. The van der Waals surface area contributed by atoms with E-state index in [0.717, 1.165) is 25.4 Å². The molecule has 0 spiro atoms. The molecule has 0 radical (unpaired) electrons. The monoisotopic (exact) mass is 249 g/mol. The summed E-state index contributed by atoms with van der Waals surface area (Å²) in [4.78, 5) is 0. The molecule has 1 heterocycles. The first kappa shape index (κ1) is 13.4. The maximum absolute atomic E-state index is 6.01. The Kier molecular flexibility index (Phi) is 4.25. The summed E-state index contributed by atoms with van der Waals surface area (Å²) < 4.78 is 10.8. The van der Waals surface area contributed by atoms with Gasteiger partial charge >= 0.3 is 0 Å². The van der Waals surface area contributed by atoms with Crippen molar-refractivity contribution < 1.29 is 9.47 Å². The van der Waals surface area contributed by atoms with E-state index in [9.17, 15) is 0 Å². The molecular weight excluding hydrogens is 226 g/mol. The lowest BCUT2D eigenvalue weighted by molar-refractivity contribution is -0.0441. The topological polar surface area (TPSA) is 44.5 Å². The molecular formula is C15H23NO2. The summed E-state index contributed by atoms with van der Waals surface area (Å²) in [6, 6.07) is 8.31. The van der Waals surface area contributed by atoms with Crippen LogP contribution in [-0.4, -0.2) is 26.4 Å². The van der Waals surface area contributed by atoms with Crippen molar-refractivity contribution in [1.82, 2.24) is 0 Å². The van der Waals surface area contributed by atoms with Gasteiger partial charge in [-0.25, -0.2) is 0 Å². The van der Waals surface area contributed by atoms with Crippen LogP contribution >= 0.6 is 0 Å². The number of hydrogen-bond acceptors (Lipinski definition) is 3. The molecule has 2 rings (SSSR count). The SMILES string of the molecule is CCOc1cccc(C(C)(CN)CC2COC2)c1. The summed E-state index contributed by atoms with van der Waals surface area (Å²) in [6.45, 7) is 7.33. The molecule has 0 saturated carbocycles. The molecule has 1 unspecified atom stereocenters. The van der Waals surface area contributed by atoms with Crippen molar-refractivity contribution in [1.29, 1.82) is 0 Å². The molecule has 1 fully saturated rings. The van der Waals surface area contributed by atoms with Crippen LogP contribution in [0.1, 0.15) is 25.8 Å². The summed E-state index contributed by atoms with van der Waals surface area (Å²) >= 11 is 0. The molecule has 3 heteroatoms. The molecule has 0 aromatic heterocycles. The second-order valence-corrected chi connectivity index (χ2v) is 5.33. The van der Waals surface area contributed by atoms with Crippen LogP contribution in [0.4, 0.5) is 0 Å². The number of nitrogens with two attached hydrogens (primary N) is 1. The van der Waals surface area contributed by atoms with E-state index in [-0.39, 0.29) is 5.41 Å². The van der Waals surface area contributed by atoms with Crippen LogP contribution in [0.15, 0.2) is 24.3 Å². The Balaban J connectivity index is 2.16. The Bertz CT molecular complexity index is 390. The molecule has 2 N–H and O–H groups in total. The number of rotatable bonds is 6. The van der Waals surface area contributed by atoms with Gasteiger partial charge in [-0.2, -0.15) is 0 Å². The van der Waals surface area contributed by atoms with E-state index in [4.69, 9.17) is 15.2 Å². The van der Waals surface area contributed by atoms with Gasteiger partial charge in [-0.1, -0.05) is 19.1 Å². The first-order chi connectivity index (χ1) is 8.68. The zero-order chi connectivity index (χ0) is 13.0. The normalized spacial score (nSPS) is 19.1. The maximum Gasteiger partial charge on any atom is 0.119 e. The average molecular weight is 249 g/mol. The van der Waals surface area contributed by atoms with E-state index in [1.165, 1.54) is 5.56 Å². The van der Waals surface area contributed by atoms with Crippen LogP contribution in [0, 0.1) is 5.92 Å². The van der Waals surface area contributed by atoms with Crippen LogP contribution in [0.3, 0.4) is 0 Å². The van der Waals surface area contributed by atoms with E-state index in [1.807, 2.05) is 19.1 Å². The Morgan fingerprint density at radius 2 is 2.22 bits per heavy atom.